The van der Waals surface area contributed by atoms with Crippen LogP contribution in [0.3, 0.4) is 0 Å². The summed E-state index contributed by atoms with van der Waals surface area (Å²) in [7, 11) is -3.27. The van der Waals surface area contributed by atoms with Gasteiger partial charge in [-0.2, -0.15) is 18.3 Å². The minimum Gasteiger partial charge on any atom is -0.389 e. The Labute approximate surface area is 196 Å². The van der Waals surface area contributed by atoms with E-state index in [1.807, 2.05) is 6.92 Å². The Hall–Kier alpha value is -2.25. The summed E-state index contributed by atoms with van der Waals surface area (Å²) in [6.45, 7) is 5.84. The maximum atomic E-state index is 13.7. The highest BCUT2D eigenvalue weighted by Crippen LogP contribution is 2.37. The summed E-state index contributed by atoms with van der Waals surface area (Å²) in [5.41, 5.74) is -2.24. The summed E-state index contributed by atoms with van der Waals surface area (Å²) in [6.07, 6.45) is 0.653. The minimum atomic E-state index is -4.66. The van der Waals surface area contributed by atoms with Crippen molar-refractivity contribution < 1.29 is 26.7 Å². The van der Waals surface area contributed by atoms with Gasteiger partial charge in [0.05, 0.1) is 29.3 Å². The molecule has 2 atom stereocenters. The van der Waals surface area contributed by atoms with Gasteiger partial charge >= 0.3 is 6.18 Å². The fourth-order valence-electron chi connectivity index (χ4n) is 4.14. The maximum Gasteiger partial charge on any atom is 0.419 e. The van der Waals surface area contributed by atoms with Gasteiger partial charge in [0.1, 0.15) is 5.56 Å². The van der Waals surface area contributed by atoms with Gasteiger partial charge < -0.3 is 10.4 Å². The van der Waals surface area contributed by atoms with Crippen LogP contribution in [0.15, 0.2) is 18.6 Å². The van der Waals surface area contributed by atoms with Crippen molar-refractivity contribution in [3.63, 3.8) is 0 Å². The van der Waals surface area contributed by atoms with E-state index in [-0.39, 0.29) is 41.0 Å². The molecule has 2 N–H and O–H groups in total. The van der Waals surface area contributed by atoms with Gasteiger partial charge in [0, 0.05) is 37.1 Å². The predicted molar refractivity (Wildman–Crippen MR) is 119 cm³/mol. The molecule has 0 radical (unpaired) electrons. The fraction of sp³-hybridized carbons (Fsp3) is 0.667. The number of hydrogen-bond donors (Lipinski definition) is 2. The van der Waals surface area contributed by atoms with Crippen LogP contribution >= 0.6 is 0 Å². The third-order valence-electron chi connectivity index (χ3n) is 6.04. The largest absolute Gasteiger partial charge is 0.419 e. The molecule has 2 aromatic heterocycles. The van der Waals surface area contributed by atoms with Gasteiger partial charge in [0.15, 0.2) is 0 Å². The number of anilines is 1. The zero-order valence-electron chi connectivity index (χ0n) is 19.2. The van der Waals surface area contributed by atoms with Crippen LogP contribution in [0, 0.1) is 5.92 Å². The summed E-state index contributed by atoms with van der Waals surface area (Å²) in [5, 5.41) is 16.9. The third-order valence-corrected chi connectivity index (χ3v) is 8.40. The van der Waals surface area contributed by atoms with Crippen molar-refractivity contribution >= 4 is 16.0 Å². The van der Waals surface area contributed by atoms with Crippen LogP contribution in [0.2, 0.25) is 0 Å². The maximum absolute atomic E-state index is 13.7. The quantitative estimate of drug-likeness (QED) is 0.599. The molecular weight excluding hydrogens is 473 g/mol. The molecule has 3 heterocycles. The van der Waals surface area contributed by atoms with Crippen molar-refractivity contribution in [1.82, 2.24) is 24.1 Å². The van der Waals surface area contributed by atoms with Crippen LogP contribution in [0.4, 0.5) is 19.1 Å². The second kappa shape index (κ2) is 8.76. The molecule has 34 heavy (non-hydrogen) atoms. The summed E-state index contributed by atoms with van der Waals surface area (Å²) in [4.78, 5) is 8.05. The Morgan fingerprint density at radius 2 is 1.91 bits per heavy atom. The van der Waals surface area contributed by atoms with E-state index in [2.05, 4.69) is 20.4 Å². The molecule has 2 fully saturated rings. The minimum absolute atomic E-state index is 0.0357. The molecule has 2 aromatic rings. The molecular formula is C21H29F3N6O3S. The Balaban J connectivity index is 1.54. The van der Waals surface area contributed by atoms with Crippen LogP contribution in [0.5, 0.6) is 0 Å². The monoisotopic (exact) mass is 502 g/mol. The zero-order chi connectivity index (χ0) is 24.9. The number of rotatable bonds is 7. The van der Waals surface area contributed by atoms with Gasteiger partial charge in [-0.3, -0.25) is 4.68 Å². The number of piperidine rings is 1. The van der Waals surface area contributed by atoms with Gasteiger partial charge in [0.2, 0.25) is 16.0 Å². The second-order valence-electron chi connectivity index (χ2n) is 9.81. The molecule has 1 saturated heterocycles. The van der Waals surface area contributed by atoms with Crippen molar-refractivity contribution in [2.75, 3.05) is 18.4 Å². The van der Waals surface area contributed by atoms with Gasteiger partial charge in [-0.1, -0.05) is 6.92 Å². The number of sulfonamides is 1. The van der Waals surface area contributed by atoms with E-state index in [9.17, 15) is 26.7 Å². The molecule has 0 aromatic carbocycles. The fourth-order valence-corrected chi connectivity index (χ4v) is 6.10. The third kappa shape index (κ3) is 5.52. The zero-order valence-corrected chi connectivity index (χ0v) is 20.1. The lowest BCUT2D eigenvalue weighted by Crippen LogP contribution is -2.48. The lowest BCUT2D eigenvalue weighted by molar-refractivity contribution is -0.137. The first kappa shape index (κ1) is 24.9. The lowest BCUT2D eigenvalue weighted by Gasteiger charge is -2.36. The van der Waals surface area contributed by atoms with Crippen LogP contribution < -0.4 is 5.32 Å². The van der Waals surface area contributed by atoms with Gasteiger partial charge in [0.25, 0.3) is 0 Å². The Morgan fingerprint density at radius 3 is 2.50 bits per heavy atom. The number of halogens is 3. The molecule has 9 nitrogen and oxygen atoms in total. The molecule has 188 valence electrons. The van der Waals surface area contributed by atoms with Crippen molar-refractivity contribution in [1.29, 1.82) is 0 Å². The van der Waals surface area contributed by atoms with Crippen molar-refractivity contribution in [2.24, 2.45) is 5.92 Å². The molecule has 2 aliphatic rings. The summed E-state index contributed by atoms with van der Waals surface area (Å²) in [6, 6.07) is -0.187. The number of nitrogens with zero attached hydrogens (tertiary/aromatic N) is 5. The van der Waals surface area contributed by atoms with Crippen LogP contribution in [0.1, 0.15) is 45.6 Å². The second-order valence-corrected chi connectivity index (χ2v) is 12.0. The summed E-state index contributed by atoms with van der Waals surface area (Å²) < 4.78 is 68.9. The average Bonchev–Trinajstić information content (AvgIpc) is 3.48. The van der Waals surface area contributed by atoms with Crippen molar-refractivity contribution in [3.05, 3.63) is 24.2 Å². The van der Waals surface area contributed by atoms with E-state index in [4.69, 9.17) is 0 Å². The first-order valence-electron chi connectivity index (χ1n) is 11.2. The van der Waals surface area contributed by atoms with E-state index in [1.54, 1.807) is 13.8 Å². The molecule has 1 saturated carbocycles. The Kier molecular flexibility index (Phi) is 6.40. The molecule has 0 amide bonds. The van der Waals surface area contributed by atoms with Crippen LogP contribution in [-0.2, 0) is 22.7 Å². The van der Waals surface area contributed by atoms with E-state index < -0.39 is 27.4 Å². The topological polar surface area (TPSA) is 113 Å². The lowest BCUT2D eigenvalue weighted by atomic mass is 9.95. The number of aliphatic hydroxyl groups is 1. The van der Waals surface area contributed by atoms with Gasteiger partial charge in [-0.15, -0.1) is 0 Å². The molecule has 0 bridgehead atoms. The standard InChI is InChI=1S/C21H29F3N6O3S/c1-13-10-30(34(32,33)15-4-5-15)7-6-17(13)27-19-25-9-16(21(22,23)24)18(28-19)14-8-26-29(11-14)12-20(2,3)31/h8-9,11,13,15,17,31H,4-7,10,12H2,1-3H3,(H,25,27,28)/t13-,17+/m1/s1. The van der Waals surface area contributed by atoms with Gasteiger partial charge in [-0.25, -0.2) is 22.7 Å². The number of nitrogens with one attached hydrogen (secondary N) is 1. The Bertz CT molecular complexity index is 1140. The van der Waals surface area contributed by atoms with Crippen LogP contribution in [-0.4, -0.2) is 67.6 Å². The summed E-state index contributed by atoms with van der Waals surface area (Å²) >= 11 is 0. The highest BCUT2D eigenvalue weighted by molar-refractivity contribution is 7.90. The number of alkyl halides is 3. The van der Waals surface area contributed by atoms with Gasteiger partial charge in [-0.05, 0) is 39.0 Å². The highest BCUT2D eigenvalue weighted by Gasteiger charge is 2.43. The molecule has 0 unspecified atom stereocenters. The van der Waals surface area contributed by atoms with Crippen molar-refractivity contribution in [2.45, 2.75) is 69.6 Å². The first-order valence-corrected chi connectivity index (χ1v) is 12.7. The SMILES string of the molecule is C[C@@H]1CN(S(=O)(=O)C2CC2)CC[C@@H]1Nc1ncc(C(F)(F)F)c(-c2cnn(CC(C)(C)O)c2)n1. The summed E-state index contributed by atoms with van der Waals surface area (Å²) in [5.74, 6) is -0.0419. The van der Waals surface area contributed by atoms with Crippen LogP contribution in [0.25, 0.3) is 11.3 Å². The molecule has 4 rings (SSSR count). The highest BCUT2D eigenvalue weighted by atomic mass is 32.2. The number of hydrogen-bond acceptors (Lipinski definition) is 7. The predicted octanol–water partition coefficient (Wildman–Crippen LogP) is 2.74. The van der Waals surface area contributed by atoms with E-state index >= 15 is 0 Å². The number of aromatic nitrogens is 4. The van der Waals surface area contributed by atoms with E-state index in [0.717, 1.165) is 6.20 Å². The van der Waals surface area contributed by atoms with E-state index in [1.165, 1.54) is 21.4 Å². The normalized spacial score (nSPS) is 22.7. The van der Waals surface area contributed by atoms with Crippen molar-refractivity contribution in [3.8, 4) is 11.3 Å². The molecule has 0 spiro atoms. The molecule has 1 aliphatic heterocycles. The first-order chi connectivity index (χ1) is 15.7. The molecule has 1 aliphatic carbocycles. The smallest absolute Gasteiger partial charge is 0.389 e. The Morgan fingerprint density at radius 1 is 1.21 bits per heavy atom. The molecule has 13 heteroatoms. The van der Waals surface area contributed by atoms with E-state index in [0.29, 0.717) is 32.4 Å². The average molecular weight is 503 g/mol.